The highest BCUT2D eigenvalue weighted by atomic mass is 35.5. The Bertz CT molecular complexity index is 595. The van der Waals surface area contributed by atoms with Gasteiger partial charge in [-0.2, -0.15) is 0 Å². The maximum Gasteiger partial charge on any atom is 0.336 e. The van der Waals surface area contributed by atoms with Gasteiger partial charge in [0.2, 0.25) is 5.91 Å². The number of hydrogen-bond acceptors (Lipinski definition) is 3. The first-order valence-electron chi connectivity index (χ1n) is 6.26. The standard InChI is InChI=1S/C15H16ClNO3/c1-9-14(15(19)20-3)12(8-13(18)17(9)2)10-5-4-6-11(16)7-10/h4-7,12H,8H2,1-3H3/t12-/m0/s1. The van der Waals surface area contributed by atoms with Crippen LogP contribution in [0.15, 0.2) is 35.5 Å². The van der Waals surface area contributed by atoms with Crippen LogP contribution in [0.5, 0.6) is 0 Å². The molecular weight excluding hydrogens is 278 g/mol. The molecule has 0 aliphatic carbocycles. The lowest BCUT2D eigenvalue weighted by atomic mass is 9.84. The van der Waals surface area contributed by atoms with Crippen LogP contribution in [0.4, 0.5) is 0 Å². The summed E-state index contributed by atoms with van der Waals surface area (Å²) in [6.07, 6.45) is 0.235. The van der Waals surface area contributed by atoms with Gasteiger partial charge in [0, 0.05) is 30.1 Å². The lowest BCUT2D eigenvalue weighted by Gasteiger charge is -2.31. The minimum atomic E-state index is -0.410. The lowest BCUT2D eigenvalue weighted by Crippen LogP contribution is -2.35. The van der Waals surface area contributed by atoms with E-state index >= 15 is 0 Å². The summed E-state index contributed by atoms with van der Waals surface area (Å²) in [5.74, 6) is -0.753. The quantitative estimate of drug-likeness (QED) is 0.788. The number of nitrogens with zero attached hydrogens (tertiary/aromatic N) is 1. The van der Waals surface area contributed by atoms with Crippen molar-refractivity contribution in [2.75, 3.05) is 14.2 Å². The summed E-state index contributed by atoms with van der Waals surface area (Å²) in [6.45, 7) is 1.75. The van der Waals surface area contributed by atoms with Crippen molar-refractivity contribution in [1.29, 1.82) is 0 Å². The molecule has 0 N–H and O–H groups in total. The Labute approximate surface area is 123 Å². The Kier molecular flexibility index (Phi) is 4.14. The van der Waals surface area contributed by atoms with Crippen LogP contribution in [0.1, 0.15) is 24.8 Å². The van der Waals surface area contributed by atoms with Crippen molar-refractivity contribution >= 4 is 23.5 Å². The van der Waals surface area contributed by atoms with E-state index in [9.17, 15) is 9.59 Å². The van der Waals surface area contributed by atoms with Crippen LogP contribution in [-0.4, -0.2) is 30.9 Å². The molecule has 0 saturated carbocycles. The fraction of sp³-hybridized carbons (Fsp3) is 0.333. The largest absolute Gasteiger partial charge is 0.466 e. The third-order valence-electron chi connectivity index (χ3n) is 3.65. The molecule has 1 aliphatic heterocycles. The maximum absolute atomic E-state index is 12.0. The summed E-state index contributed by atoms with van der Waals surface area (Å²) >= 11 is 6.00. The molecule has 1 aromatic rings. The SMILES string of the molecule is COC(=O)C1=C(C)N(C)C(=O)C[C@H]1c1cccc(Cl)c1. The van der Waals surface area contributed by atoms with Gasteiger partial charge in [-0.1, -0.05) is 23.7 Å². The van der Waals surface area contributed by atoms with E-state index in [2.05, 4.69) is 0 Å². The number of esters is 1. The highest BCUT2D eigenvalue weighted by Gasteiger charge is 2.35. The molecule has 5 heteroatoms. The highest BCUT2D eigenvalue weighted by Crippen LogP contribution is 2.36. The molecule has 0 aromatic heterocycles. The van der Waals surface area contributed by atoms with Crippen molar-refractivity contribution in [2.24, 2.45) is 0 Å². The zero-order chi connectivity index (χ0) is 14.9. The third-order valence-corrected chi connectivity index (χ3v) is 3.89. The van der Waals surface area contributed by atoms with E-state index in [1.807, 2.05) is 12.1 Å². The number of amides is 1. The summed E-state index contributed by atoms with van der Waals surface area (Å²) < 4.78 is 4.86. The normalized spacial score (nSPS) is 19.3. The molecule has 1 heterocycles. The van der Waals surface area contributed by atoms with Crippen LogP contribution in [0, 0.1) is 0 Å². The fourth-order valence-corrected chi connectivity index (χ4v) is 2.64. The van der Waals surface area contributed by atoms with Crippen LogP contribution in [0.25, 0.3) is 0 Å². The lowest BCUT2D eigenvalue weighted by molar-refractivity contribution is -0.137. The number of halogens is 1. The van der Waals surface area contributed by atoms with Gasteiger partial charge >= 0.3 is 5.97 Å². The Balaban J connectivity index is 2.55. The van der Waals surface area contributed by atoms with Gasteiger partial charge in [0.25, 0.3) is 0 Å². The summed E-state index contributed by atoms with van der Waals surface area (Å²) in [7, 11) is 3.00. The first-order valence-corrected chi connectivity index (χ1v) is 6.64. The summed E-state index contributed by atoms with van der Waals surface area (Å²) in [6, 6.07) is 7.22. The Morgan fingerprint density at radius 2 is 2.15 bits per heavy atom. The van der Waals surface area contributed by atoms with Gasteiger partial charge in [-0.3, -0.25) is 4.79 Å². The predicted molar refractivity (Wildman–Crippen MR) is 76.3 cm³/mol. The van der Waals surface area contributed by atoms with Crippen LogP contribution in [-0.2, 0) is 14.3 Å². The van der Waals surface area contributed by atoms with Crippen LogP contribution < -0.4 is 0 Å². The van der Waals surface area contributed by atoms with E-state index in [0.29, 0.717) is 16.3 Å². The Hall–Kier alpha value is -1.81. The highest BCUT2D eigenvalue weighted by molar-refractivity contribution is 6.30. The van der Waals surface area contributed by atoms with E-state index in [-0.39, 0.29) is 18.2 Å². The minimum absolute atomic E-state index is 0.0277. The zero-order valence-corrected chi connectivity index (χ0v) is 12.4. The van der Waals surface area contributed by atoms with E-state index in [1.165, 1.54) is 12.0 Å². The molecule has 0 bridgehead atoms. The first-order chi connectivity index (χ1) is 9.45. The van der Waals surface area contributed by atoms with Crippen molar-refractivity contribution in [3.8, 4) is 0 Å². The fourth-order valence-electron chi connectivity index (χ4n) is 2.44. The molecule has 0 fully saturated rings. The molecule has 1 aliphatic rings. The average Bonchev–Trinajstić information content (AvgIpc) is 2.43. The molecule has 20 heavy (non-hydrogen) atoms. The van der Waals surface area contributed by atoms with Gasteiger partial charge < -0.3 is 9.64 Å². The molecular formula is C15H16ClNO3. The van der Waals surface area contributed by atoms with Gasteiger partial charge in [-0.15, -0.1) is 0 Å². The zero-order valence-electron chi connectivity index (χ0n) is 11.6. The van der Waals surface area contributed by atoms with Crippen LogP contribution >= 0.6 is 11.6 Å². The number of hydrogen-bond donors (Lipinski definition) is 0. The monoisotopic (exact) mass is 293 g/mol. The minimum Gasteiger partial charge on any atom is -0.466 e. The number of ether oxygens (including phenoxy) is 1. The molecule has 106 valence electrons. The second-order valence-corrected chi connectivity index (χ2v) is 5.19. The molecule has 0 radical (unpaired) electrons. The predicted octanol–water partition coefficient (Wildman–Crippen LogP) is 2.73. The molecule has 0 saturated heterocycles. The number of carbonyl (C=O) groups is 2. The van der Waals surface area contributed by atoms with Crippen molar-refractivity contribution in [3.05, 3.63) is 46.1 Å². The number of carbonyl (C=O) groups excluding carboxylic acids is 2. The molecule has 1 amide bonds. The van der Waals surface area contributed by atoms with Crippen LogP contribution in [0.3, 0.4) is 0 Å². The second-order valence-electron chi connectivity index (χ2n) is 4.76. The third kappa shape index (κ3) is 2.56. The van der Waals surface area contributed by atoms with Gasteiger partial charge in [0.05, 0.1) is 12.7 Å². The molecule has 2 rings (SSSR count). The van der Waals surface area contributed by atoms with Gasteiger partial charge in [-0.05, 0) is 24.6 Å². The Morgan fingerprint density at radius 3 is 2.75 bits per heavy atom. The van der Waals surface area contributed by atoms with Gasteiger partial charge in [-0.25, -0.2) is 4.79 Å². The summed E-state index contributed by atoms with van der Waals surface area (Å²) in [4.78, 5) is 25.6. The average molecular weight is 294 g/mol. The van der Waals surface area contributed by atoms with Crippen molar-refractivity contribution < 1.29 is 14.3 Å². The van der Waals surface area contributed by atoms with Crippen molar-refractivity contribution in [1.82, 2.24) is 4.90 Å². The molecule has 4 nitrogen and oxygen atoms in total. The van der Waals surface area contributed by atoms with E-state index in [0.717, 1.165) is 5.56 Å². The summed E-state index contributed by atoms with van der Waals surface area (Å²) in [5.41, 5.74) is 1.98. The molecule has 1 atom stereocenters. The summed E-state index contributed by atoms with van der Waals surface area (Å²) in [5, 5.41) is 0.579. The molecule has 0 spiro atoms. The van der Waals surface area contributed by atoms with Crippen molar-refractivity contribution in [3.63, 3.8) is 0 Å². The maximum atomic E-state index is 12.0. The number of rotatable bonds is 2. The topological polar surface area (TPSA) is 46.6 Å². The number of benzene rings is 1. The van der Waals surface area contributed by atoms with Gasteiger partial charge in [0.1, 0.15) is 0 Å². The van der Waals surface area contributed by atoms with Gasteiger partial charge in [0.15, 0.2) is 0 Å². The first kappa shape index (κ1) is 14.6. The van der Waals surface area contributed by atoms with E-state index < -0.39 is 5.97 Å². The molecule has 1 aromatic carbocycles. The Morgan fingerprint density at radius 1 is 1.45 bits per heavy atom. The number of methoxy groups -OCH3 is 1. The van der Waals surface area contributed by atoms with Crippen molar-refractivity contribution in [2.45, 2.75) is 19.3 Å². The van der Waals surface area contributed by atoms with E-state index in [4.69, 9.17) is 16.3 Å². The molecule has 0 unspecified atom stereocenters. The second kappa shape index (κ2) is 5.67. The van der Waals surface area contributed by atoms with E-state index in [1.54, 1.807) is 26.1 Å². The number of allylic oxidation sites excluding steroid dienone is 1. The smallest absolute Gasteiger partial charge is 0.336 e. The van der Waals surface area contributed by atoms with Crippen LogP contribution in [0.2, 0.25) is 5.02 Å².